The molecule has 0 radical (unpaired) electrons. The van der Waals surface area contributed by atoms with Crippen molar-refractivity contribution in [1.29, 1.82) is 0 Å². The van der Waals surface area contributed by atoms with E-state index >= 15 is 0 Å². The lowest BCUT2D eigenvalue weighted by atomic mass is 10.1. The van der Waals surface area contributed by atoms with Gasteiger partial charge in [-0.1, -0.05) is 40.6 Å². The van der Waals surface area contributed by atoms with Crippen LogP contribution in [0.25, 0.3) is 10.2 Å². The van der Waals surface area contributed by atoms with Crippen molar-refractivity contribution < 1.29 is 27.5 Å². The first-order chi connectivity index (χ1) is 13.6. The molecule has 1 aromatic heterocycles. The first-order valence-corrected chi connectivity index (χ1v) is 9.49. The number of methoxy groups -OCH3 is 1. The maximum Gasteiger partial charge on any atom is 0.416 e. The summed E-state index contributed by atoms with van der Waals surface area (Å²) in [5.41, 5.74) is -0.805. The van der Waals surface area contributed by atoms with Crippen LogP contribution in [0.2, 0.25) is 10.0 Å². The lowest BCUT2D eigenvalue weighted by Crippen LogP contribution is -2.22. The third-order valence-corrected chi connectivity index (χ3v) is 5.38. The van der Waals surface area contributed by atoms with Crippen molar-refractivity contribution in [2.24, 2.45) is 4.99 Å². The van der Waals surface area contributed by atoms with Gasteiger partial charge in [0.15, 0.2) is 4.80 Å². The van der Waals surface area contributed by atoms with Crippen LogP contribution in [0.15, 0.2) is 41.4 Å². The minimum Gasteiger partial charge on any atom is -0.468 e. The summed E-state index contributed by atoms with van der Waals surface area (Å²) in [7, 11) is 1.19. The molecule has 0 fully saturated rings. The number of fused-ring (bicyclic) bond motifs is 1. The highest BCUT2D eigenvalue weighted by atomic mass is 35.5. The minimum atomic E-state index is -4.59. The molecule has 0 aliphatic heterocycles. The fourth-order valence-corrected chi connectivity index (χ4v) is 4.34. The van der Waals surface area contributed by atoms with E-state index in [1.54, 1.807) is 6.07 Å². The Morgan fingerprint density at radius 1 is 1.21 bits per heavy atom. The molecule has 0 spiro atoms. The van der Waals surface area contributed by atoms with Crippen molar-refractivity contribution in [3.05, 3.63) is 62.4 Å². The van der Waals surface area contributed by atoms with Crippen molar-refractivity contribution >= 4 is 56.6 Å². The molecule has 11 heteroatoms. The topological polar surface area (TPSA) is 60.7 Å². The normalized spacial score (nSPS) is 12.4. The van der Waals surface area contributed by atoms with Crippen LogP contribution in [0.4, 0.5) is 13.2 Å². The van der Waals surface area contributed by atoms with Crippen molar-refractivity contribution in [1.82, 2.24) is 4.57 Å². The fraction of sp³-hybridized carbons (Fsp3) is 0.167. The molecule has 5 nitrogen and oxygen atoms in total. The summed E-state index contributed by atoms with van der Waals surface area (Å²) in [5, 5.41) is 0.561. The summed E-state index contributed by atoms with van der Waals surface area (Å²) in [6.07, 6.45) is -4.59. The molecule has 0 N–H and O–H groups in total. The third-order valence-electron chi connectivity index (χ3n) is 3.84. The highest BCUT2D eigenvalue weighted by Crippen LogP contribution is 2.31. The molecular weight excluding hydrogens is 452 g/mol. The summed E-state index contributed by atoms with van der Waals surface area (Å²) in [5.74, 6) is -1.52. The van der Waals surface area contributed by atoms with E-state index in [-0.39, 0.29) is 21.9 Å². The number of carbonyl (C=O) groups is 2. The number of nitrogens with zero attached hydrogens (tertiary/aromatic N) is 2. The molecule has 0 aliphatic rings. The lowest BCUT2D eigenvalue weighted by molar-refractivity contribution is -0.141. The van der Waals surface area contributed by atoms with Gasteiger partial charge in [0, 0.05) is 10.6 Å². The number of hydrogen-bond donors (Lipinski definition) is 0. The molecule has 3 aromatic rings. The number of thiazole rings is 1. The smallest absolute Gasteiger partial charge is 0.416 e. The number of halogens is 5. The maximum atomic E-state index is 12.9. The average molecular weight is 463 g/mol. The van der Waals surface area contributed by atoms with E-state index in [1.807, 2.05) is 0 Å². The Morgan fingerprint density at radius 2 is 1.93 bits per heavy atom. The highest BCUT2D eigenvalue weighted by Gasteiger charge is 2.31. The Morgan fingerprint density at radius 3 is 2.59 bits per heavy atom. The number of aromatic nitrogens is 1. The van der Waals surface area contributed by atoms with Gasteiger partial charge < -0.3 is 9.30 Å². The summed E-state index contributed by atoms with van der Waals surface area (Å²) < 4.78 is 45.3. The predicted octanol–water partition coefficient (Wildman–Crippen LogP) is 4.94. The number of amides is 1. The number of carbonyl (C=O) groups excluding carboxylic acids is 2. The molecule has 0 unspecified atom stereocenters. The van der Waals surface area contributed by atoms with E-state index in [4.69, 9.17) is 23.2 Å². The van der Waals surface area contributed by atoms with Crippen LogP contribution in [-0.2, 0) is 22.3 Å². The zero-order chi connectivity index (χ0) is 21.3. The van der Waals surface area contributed by atoms with Crippen LogP contribution < -0.4 is 4.80 Å². The van der Waals surface area contributed by atoms with Crippen molar-refractivity contribution in [3.63, 3.8) is 0 Å². The first kappa shape index (κ1) is 21.4. The van der Waals surface area contributed by atoms with Gasteiger partial charge in [-0.2, -0.15) is 18.2 Å². The number of benzene rings is 2. The second kappa shape index (κ2) is 8.17. The molecule has 152 valence electrons. The molecule has 2 aromatic carbocycles. The predicted molar refractivity (Wildman–Crippen MR) is 103 cm³/mol. The molecule has 0 atom stereocenters. The van der Waals surface area contributed by atoms with Crippen LogP contribution in [0.3, 0.4) is 0 Å². The van der Waals surface area contributed by atoms with Crippen LogP contribution >= 0.6 is 34.5 Å². The molecule has 1 amide bonds. The van der Waals surface area contributed by atoms with Gasteiger partial charge in [-0.15, -0.1) is 0 Å². The molecule has 0 saturated heterocycles. The fourth-order valence-electron chi connectivity index (χ4n) is 2.53. The van der Waals surface area contributed by atoms with Crippen LogP contribution in [-0.4, -0.2) is 23.6 Å². The SMILES string of the molecule is COC(=O)Cn1c(=NC(=O)c2cccc(C(F)(F)F)c2)sc2cc(Cl)cc(Cl)c21. The summed E-state index contributed by atoms with van der Waals surface area (Å²) in [6.45, 7) is -0.299. The van der Waals surface area contributed by atoms with Crippen LogP contribution in [0.1, 0.15) is 15.9 Å². The van der Waals surface area contributed by atoms with Crippen molar-refractivity contribution in [2.75, 3.05) is 7.11 Å². The Hall–Kier alpha value is -2.36. The number of rotatable bonds is 3. The maximum absolute atomic E-state index is 12.9. The summed E-state index contributed by atoms with van der Waals surface area (Å²) in [6, 6.07) is 6.96. The largest absolute Gasteiger partial charge is 0.468 e. The van der Waals surface area contributed by atoms with Gasteiger partial charge in [0.05, 0.1) is 27.9 Å². The van der Waals surface area contributed by atoms with Crippen LogP contribution in [0.5, 0.6) is 0 Å². The number of esters is 1. The molecule has 1 heterocycles. The lowest BCUT2D eigenvalue weighted by Gasteiger charge is -2.07. The van der Waals surface area contributed by atoms with Gasteiger partial charge in [-0.05, 0) is 30.3 Å². The summed E-state index contributed by atoms with van der Waals surface area (Å²) >= 11 is 13.2. The third kappa shape index (κ3) is 4.63. The Balaban J connectivity index is 2.17. The molecule has 0 bridgehead atoms. The van der Waals surface area contributed by atoms with E-state index in [9.17, 15) is 22.8 Å². The van der Waals surface area contributed by atoms with Gasteiger partial charge >= 0.3 is 12.1 Å². The van der Waals surface area contributed by atoms with E-state index < -0.39 is 23.6 Å². The van der Waals surface area contributed by atoms with Gasteiger partial charge in [-0.25, -0.2) is 0 Å². The van der Waals surface area contributed by atoms with Gasteiger partial charge in [0.25, 0.3) is 5.91 Å². The molecule has 3 rings (SSSR count). The molecule has 0 aliphatic carbocycles. The average Bonchev–Trinajstić information content (AvgIpc) is 2.97. The summed E-state index contributed by atoms with van der Waals surface area (Å²) in [4.78, 5) is 28.3. The van der Waals surface area contributed by atoms with Crippen molar-refractivity contribution in [2.45, 2.75) is 12.7 Å². The monoisotopic (exact) mass is 462 g/mol. The van der Waals surface area contributed by atoms with Gasteiger partial charge in [0.1, 0.15) is 6.54 Å². The Kier molecular flexibility index (Phi) is 6.02. The number of hydrogen-bond acceptors (Lipinski definition) is 4. The van der Waals surface area contributed by atoms with Gasteiger partial charge in [0.2, 0.25) is 0 Å². The second-order valence-electron chi connectivity index (χ2n) is 5.78. The minimum absolute atomic E-state index is 0.0666. The van der Waals surface area contributed by atoms with Gasteiger partial charge in [-0.3, -0.25) is 9.59 Å². The number of alkyl halides is 3. The van der Waals surface area contributed by atoms with E-state index in [0.29, 0.717) is 21.3 Å². The van der Waals surface area contributed by atoms with Crippen LogP contribution in [0, 0.1) is 0 Å². The molecular formula is C18H11Cl2F3N2O3S. The molecule has 29 heavy (non-hydrogen) atoms. The number of ether oxygens (including phenoxy) is 1. The Bertz CT molecular complexity index is 1190. The van der Waals surface area contributed by atoms with E-state index in [2.05, 4.69) is 9.73 Å². The standard InChI is InChI=1S/C18H11Cl2F3N2O3S/c1-28-14(26)8-25-15-12(20)6-11(19)7-13(15)29-17(25)24-16(27)9-3-2-4-10(5-9)18(21,22)23/h2-7H,8H2,1H3. The quantitative estimate of drug-likeness (QED) is 0.517. The van der Waals surface area contributed by atoms with E-state index in [1.165, 1.54) is 23.8 Å². The molecule has 0 saturated carbocycles. The first-order valence-electron chi connectivity index (χ1n) is 7.91. The highest BCUT2D eigenvalue weighted by molar-refractivity contribution is 7.16. The van der Waals surface area contributed by atoms with E-state index in [0.717, 1.165) is 23.5 Å². The van der Waals surface area contributed by atoms with Crippen molar-refractivity contribution in [3.8, 4) is 0 Å². The second-order valence-corrected chi connectivity index (χ2v) is 7.63. The zero-order valence-corrected chi connectivity index (χ0v) is 16.9. The Labute approximate surface area is 175 Å². The zero-order valence-electron chi connectivity index (χ0n) is 14.6.